The molecule has 2 atom stereocenters. The highest BCUT2D eigenvalue weighted by atomic mass is 32.2. The number of rotatable bonds is 5. The van der Waals surface area contributed by atoms with Crippen LogP contribution in [0.25, 0.3) is 10.4 Å². The minimum Gasteiger partial charge on any atom is -0.355 e. The first-order valence-corrected chi connectivity index (χ1v) is 12.2. The molecule has 0 amide bonds. The monoisotopic (exact) mass is 477 g/mol. The Balaban J connectivity index is 1.69. The smallest absolute Gasteiger partial charge is 0.355 e. The summed E-state index contributed by atoms with van der Waals surface area (Å²) in [6.07, 6.45) is -2.34. The number of hydrogen-bond donors (Lipinski definition) is 1. The molecule has 0 saturated carbocycles. The lowest BCUT2D eigenvalue weighted by atomic mass is 10.1. The number of alkyl halides is 3. The molecule has 0 radical (unpaired) electrons. The van der Waals surface area contributed by atoms with Gasteiger partial charge in [-0.25, -0.2) is 4.98 Å². The second-order valence-electron chi connectivity index (χ2n) is 7.46. The first-order chi connectivity index (χ1) is 15.2. The number of pyridine rings is 1. The van der Waals surface area contributed by atoms with Crippen molar-refractivity contribution in [3.05, 3.63) is 76.6 Å². The van der Waals surface area contributed by atoms with Crippen LogP contribution in [0.2, 0.25) is 0 Å². The fourth-order valence-electron chi connectivity index (χ4n) is 3.62. The third kappa shape index (κ3) is 4.31. The number of para-hydroxylation sites is 1. The van der Waals surface area contributed by atoms with Gasteiger partial charge in [0.2, 0.25) is 0 Å². The molecule has 1 N–H and O–H groups in total. The lowest BCUT2D eigenvalue weighted by Gasteiger charge is -2.26. The van der Waals surface area contributed by atoms with Crippen LogP contribution in [0.15, 0.2) is 65.6 Å². The van der Waals surface area contributed by atoms with Gasteiger partial charge in [-0.3, -0.25) is 4.21 Å². The number of benzene rings is 1. The van der Waals surface area contributed by atoms with Crippen molar-refractivity contribution < 1.29 is 17.4 Å². The molecule has 9 heteroatoms. The fraction of sp³-hybridized carbons (Fsp3) is 0.261. The molecule has 1 aliphatic rings. The van der Waals surface area contributed by atoms with E-state index in [1.54, 1.807) is 11.1 Å². The van der Waals surface area contributed by atoms with E-state index in [-0.39, 0.29) is 0 Å². The summed E-state index contributed by atoms with van der Waals surface area (Å²) in [6, 6.07) is 13.0. The van der Waals surface area contributed by atoms with E-state index in [1.165, 1.54) is 11.3 Å². The van der Waals surface area contributed by atoms with E-state index in [0.29, 0.717) is 16.5 Å². The summed E-state index contributed by atoms with van der Waals surface area (Å²) in [5.41, 5.74) is 2.50. The highest BCUT2D eigenvalue weighted by Crippen LogP contribution is 2.41. The van der Waals surface area contributed by atoms with Gasteiger partial charge in [0.15, 0.2) is 0 Å². The van der Waals surface area contributed by atoms with Gasteiger partial charge in [0.05, 0.1) is 10.8 Å². The first-order valence-electron chi connectivity index (χ1n) is 10.0. The summed E-state index contributed by atoms with van der Waals surface area (Å²) in [5, 5.41) is 3.21. The van der Waals surface area contributed by atoms with Crippen LogP contribution in [-0.4, -0.2) is 21.1 Å². The second kappa shape index (κ2) is 8.71. The predicted octanol–water partition coefficient (Wildman–Crippen LogP) is 6.07. The van der Waals surface area contributed by atoms with E-state index >= 15 is 0 Å². The summed E-state index contributed by atoms with van der Waals surface area (Å²) >= 11 is 1.41. The number of nitrogens with zero attached hydrogens (tertiary/aromatic N) is 2. The average molecular weight is 478 g/mol. The Morgan fingerprint density at radius 1 is 1.16 bits per heavy atom. The molecule has 0 bridgehead atoms. The Hall–Kier alpha value is -2.65. The third-order valence-corrected chi connectivity index (χ3v) is 7.80. The van der Waals surface area contributed by atoms with Gasteiger partial charge in [-0.05, 0) is 49.2 Å². The number of allylic oxidation sites excluding steroid dienone is 1. The van der Waals surface area contributed by atoms with Crippen molar-refractivity contribution in [2.75, 3.05) is 10.7 Å². The van der Waals surface area contributed by atoms with Gasteiger partial charge in [-0.2, -0.15) is 13.2 Å². The molecular weight excluding hydrogens is 455 g/mol. The molecule has 4 rings (SSSR count). The maximum absolute atomic E-state index is 13.5. The maximum Gasteiger partial charge on any atom is 0.432 e. The summed E-state index contributed by atoms with van der Waals surface area (Å²) in [4.78, 5) is 7.64. The zero-order chi connectivity index (χ0) is 23.0. The molecule has 0 saturated heterocycles. The number of hydrogen-bond acceptors (Lipinski definition) is 5. The lowest BCUT2D eigenvalue weighted by molar-refractivity contribution is -0.0963. The molecule has 2 aromatic heterocycles. The number of halogens is 3. The van der Waals surface area contributed by atoms with E-state index in [2.05, 4.69) is 10.3 Å². The quantitative estimate of drug-likeness (QED) is 0.485. The van der Waals surface area contributed by atoms with Crippen LogP contribution in [0.4, 0.5) is 18.9 Å². The predicted molar refractivity (Wildman–Crippen MR) is 123 cm³/mol. The molecular formula is C23H22F3N3OS2. The minimum absolute atomic E-state index is 0.493. The SMILES string of the molecule is CCS(=O)c1ncc(-c2ccc(C3NC(C(F)(F)F)=CN3c3ccccc3C)s2)cc1C. The zero-order valence-corrected chi connectivity index (χ0v) is 19.4. The number of nitrogens with one attached hydrogen (secondary N) is 1. The van der Waals surface area contributed by atoms with Crippen LogP contribution in [0.5, 0.6) is 0 Å². The Morgan fingerprint density at radius 3 is 2.56 bits per heavy atom. The topological polar surface area (TPSA) is 45.2 Å². The number of anilines is 1. The Kier molecular flexibility index (Phi) is 6.13. The van der Waals surface area contributed by atoms with Gasteiger partial charge in [0, 0.05) is 39.2 Å². The van der Waals surface area contributed by atoms with E-state index in [1.807, 2.05) is 63.2 Å². The summed E-state index contributed by atoms with van der Waals surface area (Å²) < 4.78 is 52.6. The van der Waals surface area contributed by atoms with Crippen LogP contribution in [0.1, 0.15) is 29.1 Å². The third-order valence-electron chi connectivity index (χ3n) is 5.23. The van der Waals surface area contributed by atoms with Crippen molar-refractivity contribution in [3.63, 3.8) is 0 Å². The molecule has 1 aromatic carbocycles. The molecule has 32 heavy (non-hydrogen) atoms. The number of thiophene rings is 1. The fourth-order valence-corrected chi connectivity index (χ4v) is 5.52. The van der Waals surface area contributed by atoms with Crippen molar-refractivity contribution in [2.45, 2.75) is 38.1 Å². The van der Waals surface area contributed by atoms with Crippen LogP contribution in [-0.2, 0) is 10.8 Å². The van der Waals surface area contributed by atoms with Gasteiger partial charge in [-0.15, -0.1) is 11.3 Å². The number of aryl methyl sites for hydroxylation is 2. The van der Waals surface area contributed by atoms with Crippen LogP contribution < -0.4 is 10.2 Å². The van der Waals surface area contributed by atoms with Crippen LogP contribution in [0, 0.1) is 13.8 Å². The molecule has 168 valence electrons. The second-order valence-corrected chi connectivity index (χ2v) is 10.2. The van der Waals surface area contributed by atoms with Gasteiger partial charge in [-0.1, -0.05) is 25.1 Å². The Morgan fingerprint density at radius 2 is 1.91 bits per heavy atom. The number of aromatic nitrogens is 1. The Bertz CT molecular complexity index is 1200. The zero-order valence-electron chi connectivity index (χ0n) is 17.7. The summed E-state index contributed by atoms with van der Waals surface area (Å²) in [6.45, 7) is 5.59. The Labute approximate surface area is 191 Å². The van der Waals surface area contributed by atoms with Gasteiger partial charge in [0.25, 0.3) is 0 Å². The highest BCUT2D eigenvalue weighted by Gasteiger charge is 2.42. The van der Waals surface area contributed by atoms with Gasteiger partial charge < -0.3 is 10.2 Å². The maximum atomic E-state index is 13.5. The first kappa shape index (κ1) is 22.5. The highest BCUT2D eigenvalue weighted by molar-refractivity contribution is 7.84. The standard InChI is InChI=1S/C23H22F3N3OS2/c1-4-32(30)22-15(3)11-16(12-27-22)18-9-10-19(31-18)21-28-20(23(24,25)26)13-29(21)17-8-6-5-7-14(17)2/h5-13,21,28H,4H2,1-3H3. The average Bonchev–Trinajstić information content (AvgIpc) is 3.40. The summed E-state index contributed by atoms with van der Waals surface area (Å²) in [5.74, 6) is 0.493. The van der Waals surface area contributed by atoms with Crippen LogP contribution in [0.3, 0.4) is 0 Å². The lowest BCUT2D eigenvalue weighted by Crippen LogP contribution is -2.30. The molecule has 0 spiro atoms. The van der Waals surface area contributed by atoms with E-state index < -0.39 is 28.8 Å². The molecule has 0 aliphatic carbocycles. The van der Waals surface area contributed by atoms with Crippen molar-refractivity contribution >= 4 is 27.8 Å². The van der Waals surface area contributed by atoms with Gasteiger partial charge in [0.1, 0.15) is 16.9 Å². The van der Waals surface area contributed by atoms with E-state index in [0.717, 1.165) is 32.6 Å². The van der Waals surface area contributed by atoms with Crippen LogP contribution >= 0.6 is 11.3 Å². The normalized spacial score (nSPS) is 17.2. The molecule has 3 aromatic rings. The van der Waals surface area contributed by atoms with Crippen molar-refractivity contribution in [2.24, 2.45) is 0 Å². The molecule has 4 nitrogen and oxygen atoms in total. The molecule has 3 heterocycles. The molecule has 1 aliphatic heterocycles. The minimum atomic E-state index is -4.47. The largest absolute Gasteiger partial charge is 0.432 e. The van der Waals surface area contributed by atoms with E-state index in [4.69, 9.17) is 0 Å². The van der Waals surface area contributed by atoms with Crippen molar-refractivity contribution in [3.8, 4) is 10.4 Å². The molecule has 2 unspecified atom stereocenters. The van der Waals surface area contributed by atoms with Gasteiger partial charge >= 0.3 is 6.18 Å². The molecule has 0 fully saturated rings. The summed E-state index contributed by atoms with van der Waals surface area (Å²) in [7, 11) is -1.14. The van der Waals surface area contributed by atoms with Crippen molar-refractivity contribution in [1.82, 2.24) is 10.3 Å². The van der Waals surface area contributed by atoms with E-state index in [9.17, 15) is 17.4 Å². The van der Waals surface area contributed by atoms with Crippen molar-refractivity contribution in [1.29, 1.82) is 0 Å².